The third-order valence-electron chi connectivity index (χ3n) is 8.92. The fourth-order valence-corrected chi connectivity index (χ4v) is 6.90. The van der Waals surface area contributed by atoms with Crippen molar-refractivity contribution in [3.8, 4) is 0 Å². The first-order valence-electron chi connectivity index (χ1n) is 14.2. The normalized spacial score (nSPS) is 21.4. The largest absolute Gasteiger partial charge is 0.403 e. The lowest BCUT2D eigenvalue weighted by Crippen LogP contribution is -2.43. The Morgan fingerprint density at radius 1 is 0.471 bits per heavy atom. The van der Waals surface area contributed by atoms with Gasteiger partial charge in [-0.1, -0.05) is 57.8 Å². The van der Waals surface area contributed by atoms with Gasteiger partial charge in [0.15, 0.2) is 0 Å². The molecule has 0 aromatic carbocycles. The highest BCUT2D eigenvalue weighted by molar-refractivity contribution is 6.52. The monoisotopic (exact) mass is 459 g/mol. The molecule has 0 aliphatic heterocycles. The minimum atomic E-state index is -1.27. The van der Waals surface area contributed by atoms with Crippen molar-refractivity contribution in [3.63, 3.8) is 0 Å². The third-order valence-corrected chi connectivity index (χ3v) is 8.92. The van der Waals surface area contributed by atoms with Crippen molar-refractivity contribution in [2.75, 3.05) is 0 Å². The first-order chi connectivity index (χ1) is 16.8. The molecule has 0 bridgehead atoms. The maximum atomic E-state index is 5.16. The molecule has 0 saturated heterocycles. The second-order valence-corrected chi connectivity index (χ2v) is 11.3. The van der Waals surface area contributed by atoms with Gasteiger partial charge in [-0.2, -0.15) is 0 Å². The lowest BCUT2D eigenvalue weighted by molar-refractivity contribution is 0.433. The van der Waals surface area contributed by atoms with E-state index in [9.17, 15) is 0 Å². The summed E-state index contributed by atoms with van der Waals surface area (Å²) in [6.07, 6.45) is 26.4. The minimum Gasteiger partial charge on any atom is -0.403 e. The van der Waals surface area contributed by atoms with E-state index in [0.717, 1.165) is 0 Å². The molecule has 3 aromatic heterocycles. The highest BCUT2D eigenvalue weighted by Crippen LogP contribution is 2.34. The summed E-state index contributed by atoms with van der Waals surface area (Å²) in [4.78, 5) is 0. The molecule has 3 heterocycles. The second kappa shape index (κ2) is 10.1. The molecule has 0 unspecified atom stereocenters. The zero-order valence-electron chi connectivity index (χ0n) is 20.7. The Morgan fingerprint density at radius 2 is 0.765 bits per heavy atom. The van der Waals surface area contributed by atoms with Crippen LogP contribution in [0.2, 0.25) is 0 Å². The predicted octanol–water partition coefficient (Wildman–Crippen LogP) is 6.08. The topological polar surface area (TPSA) is 53.5 Å². The van der Waals surface area contributed by atoms with Gasteiger partial charge in [0.25, 0.3) is 0 Å². The van der Waals surface area contributed by atoms with Crippen molar-refractivity contribution >= 4 is 7.12 Å². The molecule has 7 heteroatoms. The molecule has 3 aliphatic carbocycles. The zero-order chi connectivity index (χ0) is 22.7. The molecular weight excluding hydrogens is 419 g/mol. The van der Waals surface area contributed by atoms with Gasteiger partial charge in [-0.25, -0.2) is 15.3 Å². The number of aromatic nitrogens is 6. The Balaban J connectivity index is 1.32. The van der Waals surface area contributed by atoms with Crippen molar-refractivity contribution in [2.45, 2.75) is 114 Å². The van der Waals surface area contributed by atoms with Crippen molar-refractivity contribution in [1.82, 2.24) is 29.1 Å². The fourth-order valence-electron chi connectivity index (χ4n) is 6.90. The van der Waals surface area contributed by atoms with Crippen LogP contribution in [0.4, 0.5) is 0 Å². The quantitative estimate of drug-likeness (QED) is 0.420. The summed E-state index contributed by atoms with van der Waals surface area (Å²) in [7, 11) is -1.27. The Kier molecular flexibility index (Phi) is 6.61. The van der Waals surface area contributed by atoms with Crippen molar-refractivity contribution in [3.05, 3.63) is 53.9 Å². The molecule has 0 N–H and O–H groups in total. The SMILES string of the molecule is c1cn([BH-](n2ccc(C3CCCCC3)n2)n2ccc(C3CCCCC3)n2)nc1C1CCCCC1. The summed E-state index contributed by atoms with van der Waals surface area (Å²) in [6, 6.07) is 6.77. The molecule has 3 fully saturated rings. The summed E-state index contributed by atoms with van der Waals surface area (Å²) in [5.41, 5.74) is 3.78. The first-order valence-corrected chi connectivity index (χ1v) is 14.2. The average Bonchev–Trinajstić information content (AvgIpc) is 3.68. The molecule has 0 amide bonds. The maximum Gasteiger partial charge on any atom is 0.326 e. The standard InChI is InChI=1S/C27H40BN6/c1-4-10-22(11-5-1)25-16-19-32(29-25)28(33-20-17-26(30-33)23-12-6-2-7-13-23)34-21-18-27(31-34)24-14-8-3-9-15-24/h16-24,28H,1-15H2/q-1. The second-order valence-electron chi connectivity index (χ2n) is 11.3. The van der Waals surface area contributed by atoms with Crippen LogP contribution in [-0.4, -0.2) is 36.2 Å². The zero-order valence-corrected chi connectivity index (χ0v) is 20.7. The van der Waals surface area contributed by atoms with Crippen molar-refractivity contribution in [2.24, 2.45) is 0 Å². The highest BCUT2D eigenvalue weighted by atomic mass is 15.4. The molecule has 3 saturated carbocycles. The lowest BCUT2D eigenvalue weighted by atomic mass is 9.87. The third kappa shape index (κ3) is 4.63. The maximum absolute atomic E-state index is 5.16. The number of hydrogen-bond acceptors (Lipinski definition) is 3. The van der Waals surface area contributed by atoms with E-state index in [1.807, 2.05) is 0 Å². The van der Waals surface area contributed by atoms with Gasteiger partial charge >= 0.3 is 7.12 Å². The van der Waals surface area contributed by atoms with E-state index < -0.39 is 7.12 Å². The summed E-state index contributed by atoms with van der Waals surface area (Å²) in [5.74, 6) is 1.84. The van der Waals surface area contributed by atoms with E-state index >= 15 is 0 Å². The number of rotatable bonds is 6. The summed E-state index contributed by atoms with van der Waals surface area (Å²) < 4.78 is 6.54. The van der Waals surface area contributed by atoms with E-state index in [2.05, 4.69) is 50.6 Å². The van der Waals surface area contributed by atoms with Gasteiger partial charge in [-0.05, 0) is 75.3 Å². The van der Waals surface area contributed by atoms with Crippen LogP contribution in [-0.2, 0) is 0 Å². The van der Waals surface area contributed by atoms with Gasteiger partial charge in [0.05, 0.1) is 17.1 Å². The Bertz CT molecular complexity index is 915. The van der Waals surface area contributed by atoms with E-state index in [1.54, 1.807) is 0 Å². The van der Waals surface area contributed by atoms with Crippen LogP contribution in [0.15, 0.2) is 36.8 Å². The molecule has 3 aliphatic rings. The van der Waals surface area contributed by atoms with Crippen LogP contribution in [0.25, 0.3) is 0 Å². The highest BCUT2D eigenvalue weighted by Gasteiger charge is 2.23. The van der Waals surface area contributed by atoms with Crippen LogP contribution < -0.4 is 0 Å². The Hall–Kier alpha value is -2.31. The van der Waals surface area contributed by atoms with Gasteiger partial charge in [-0.15, -0.1) is 0 Å². The molecule has 6 rings (SSSR count). The van der Waals surface area contributed by atoms with Crippen molar-refractivity contribution in [1.29, 1.82) is 0 Å². The van der Waals surface area contributed by atoms with Gasteiger partial charge in [-0.3, -0.25) is 0 Å². The fraction of sp³-hybridized carbons (Fsp3) is 0.667. The molecule has 3 aromatic rings. The van der Waals surface area contributed by atoms with Crippen LogP contribution in [0, 0.1) is 0 Å². The number of hydrogen-bond donors (Lipinski definition) is 0. The molecule has 34 heavy (non-hydrogen) atoms. The van der Waals surface area contributed by atoms with Crippen LogP contribution in [0.5, 0.6) is 0 Å². The van der Waals surface area contributed by atoms with Gasteiger partial charge < -0.3 is 13.8 Å². The molecule has 0 spiro atoms. The average molecular weight is 459 g/mol. The smallest absolute Gasteiger partial charge is 0.326 e. The van der Waals surface area contributed by atoms with Gasteiger partial charge in [0, 0.05) is 17.8 Å². The van der Waals surface area contributed by atoms with Gasteiger partial charge in [0.2, 0.25) is 0 Å². The summed E-state index contributed by atoms with van der Waals surface area (Å²) >= 11 is 0. The van der Waals surface area contributed by atoms with E-state index in [1.165, 1.54) is 113 Å². The van der Waals surface area contributed by atoms with Crippen LogP contribution in [0.3, 0.4) is 0 Å². The summed E-state index contributed by atoms with van der Waals surface area (Å²) in [5, 5.41) is 15.5. The van der Waals surface area contributed by atoms with Crippen LogP contribution in [0.1, 0.15) is 131 Å². The minimum absolute atomic E-state index is 0.612. The van der Waals surface area contributed by atoms with Crippen molar-refractivity contribution < 1.29 is 0 Å². The van der Waals surface area contributed by atoms with E-state index in [4.69, 9.17) is 15.3 Å². The van der Waals surface area contributed by atoms with Crippen LogP contribution >= 0.6 is 0 Å². The molecule has 6 nitrogen and oxygen atoms in total. The first kappa shape index (κ1) is 22.2. The Morgan fingerprint density at radius 3 is 1.06 bits per heavy atom. The van der Waals surface area contributed by atoms with Gasteiger partial charge in [0.1, 0.15) is 0 Å². The molecule has 182 valence electrons. The number of nitrogens with zero attached hydrogens (tertiary/aromatic N) is 6. The summed E-state index contributed by atoms with van der Waals surface area (Å²) in [6.45, 7) is 0. The molecular formula is C27H40BN6-. The van der Waals surface area contributed by atoms with E-state index in [0.29, 0.717) is 17.8 Å². The molecule has 0 atom stereocenters. The van der Waals surface area contributed by atoms with E-state index in [-0.39, 0.29) is 0 Å². The lowest BCUT2D eigenvalue weighted by Gasteiger charge is -2.28. The molecule has 0 radical (unpaired) electrons. The Labute approximate surface area is 204 Å². The predicted molar refractivity (Wildman–Crippen MR) is 138 cm³/mol.